The van der Waals surface area contributed by atoms with Gasteiger partial charge in [-0.2, -0.15) is 5.10 Å². The molecule has 1 aliphatic heterocycles. The third kappa shape index (κ3) is 2.56. The van der Waals surface area contributed by atoms with Crippen molar-refractivity contribution in [3.8, 4) is 11.1 Å². The molecule has 4 nitrogen and oxygen atoms in total. The van der Waals surface area contributed by atoms with Crippen molar-refractivity contribution >= 4 is 17.6 Å². The normalized spacial score (nSPS) is 13.8. The predicted octanol–water partition coefficient (Wildman–Crippen LogP) is 3.72. The van der Waals surface area contributed by atoms with Crippen molar-refractivity contribution in [1.82, 2.24) is 9.78 Å². The van der Waals surface area contributed by atoms with Crippen molar-refractivity contribution in [2.45, 2.75) is 32.7 Å². The summed E-state index contributed by atoms with van der Waals surface area (Å²) in [6.45, 7) is 2.97. The molecule has 5 heteroatoms. The van der Waals surface area contributed by atoms with E-state index in [-0.39, 0.29) is 5.97 Å². The van der Waals surface area contributed by atoms with Crippen molar-refractivity contribution in [2.24, 2.45) is 0 Å². The van der Waals surface area contributed by atoms with Crippen LogP contribution in [0.3, 0.4) is 0 Å². The molecule has 0 saturated carbocycles. The summed E-state index contributed by atoms with van der Waals surface area (Å²) in [7, 11) is 0. The van der Waals surface area contributed by atoms with Gasteiger partial charge >= 0.3 is 5.97 Å². The van der Waals surface area contributed by atoms with Crippen molar-refractivity contribution in [3.63, 3.8) is 0 Å². The molecule has 110 valence electrons. The number of hydrogen-bond donors (Lipinski definition) is 0. The molecule has 2 aromatic rings. The lowest BCUT2D eigenvalue weighted by Crippen LogP contribution is -2.11. The van der Waals surface area contributed by atoms with Gasteiger partial charge in [0.25, 0.3) is 0 Å². The summed E-state index contributed by atoms with van der Waals surface area (Å²) < 4.78 is 7.07. The Labute approximate surface area is 128 Å². The van der Waals surface area contributed by atoms with Crippen LogP contribution in [0.1, 0.15) is 35.9 Å². The van der Waals surface area contributed by atoms with E-state index in [0.717, 1.165) is 42.6 Å². The minimum absolute atomic E-state index is 0.336. The van der Waals surface area contributed by atoms with E-state index in [4.69, 9.17) is 16.3 Å². The molecule has 0 saturated heterocycles. The number of aryl methyl sites for hydroxylation is 1. The van der Waals surface area contributed by atoms with Gasteiger partial charge in [-0.1, -0.05) is 29.8 Å². The average molecular weight is 305 g/mol. The molecule has 0 unspecified atom stereocenters. The molecule has 0 fully saturated rings. The smallest absolute Gasteiger partial charge is 0.359 e. The zero-order valence-corrected chi connectivity index (χ0v) is 12.7. The van der Waals surface area contributed by atoms with Crippen LogP contribution in [-0.2, 0) is 17.7 Å². The molecule has 0 aliphatic carbocycles. The molecule has 2 heterocycles. The lowest BCUT2D eigenvalue weighted by atomic mass is 9.98. The summed E-state index contributed by atoms with van der Waals surface area (Å²) in [4.78, 5) is 12.2. The maximum Gasteiger partial charge on any atom is 0.359 e. The van der Waals surface area contributed by atoms with Gasteiger partial charge in [0, 0.05) is 28.4 Å². The van der Waals surface area contributed by atoms with Crippen molar-refractivity contribution < 1.29 is 9.53 Å². The Kier molecular flexibility index (Phi) is 3.97. The monoisotopic (exact) mass is 304 g/mol. The number of rotatable bonds is 3. The molecule has 0 bridgehead atoms. The quantitative estimate of drug-likeness (QED) is 0.812. The molecular formula is C16H17ClN2O2. The number of ether oxygens (including phenoxy) is 1. The van der Waals surface area contributed by atoms with Gasteiger partial charge in [-0.25, -0.2) is 4.79 Å². The first-order valence-corrected chi connectivity index (χ1v) is 7.62. The second-order valence-electron chi connectivity index (χ2n) is 5.05. The molecule has 1 aromatic heterocycles. The molecule has 1 aromatic carbocycles. The Morgan fingerprint density at radius 1 is 1.38 bits per heavy atom. The van der Waals surface area contributed by atoms with Gasteiger partial charge < -0.3 is 4.74 Å². The third-order valence-electron chi connectivity index (χ3n) is 3.70. The Balaban J connectivity index is 2.19. The first-order valence-electron chi connectivity index (χ1n) is 7.24. The van der Waals surface area contributed by atoms with Crippen LogP contribution in [0.4, 0.5) is 0 Å². The molecule has 0 N–H and O–H groups in total. The minimum Gasteiger partial charge on any atom is -0.461 e. The third-order valence-corrected chi connectivity index (χ3v) is 4.03. The van der Waals surface area contributed by atoms with Gasteiger partial charge in [0.2, 0.25) is 0 Å². The Hall–Kier alpha value is -1.81. The van der Waals surface area contributed by atoms with E-state index in [1.807, 2.05) is 28.9 Å². The SMILES string of the molecule is CCOC(=O)c1nn2c(c1-c1ccccc1Cl)CCCC2. The number of fused-ring (bicyclic) bond motifs is 1. The second-order valence-corrected chi connectivity index (χ2v) is 5.46. The number of nitrogens with zero attached hydrogens (tertiary/aromatic N) is 2. The van der Waals surface area contributed by atoms with E-state index >= 15 is 0 Å². The van der Waals surface area contributed by atoms with E-state index < -0.39 is 0 Å². The molecule has 0 atom stereocenters. The van der Waals surface area contributed by atoms with Gasteiger partial charge in [0.05, 0.1) is 6.61 Å². The summed E-state index contributed by atoms with van der Waals surface area (Å²) in [5.41, 5.74) is 3.14. The van der Waals surface area contributed by atoms with Crippen LogP contribution in [0.5, 0.6) is 0 Å². The maximum absolute atomic E-state index is 12.2. The first kappa shape index (κ1) is 14.1. The van der Waals surface area contributed by atoms with Crippen LogP contribution in [0.15, 0.2) is 24.3 Å². The number of carbonyl (C=O) groups is 1. The van der Waals surface area contributed by atoms with Crippen LogP contribution in [0.2, 0.25) is 5.02 Å². The highest BCUT2D eigenvalue weighted by atomic mass is 35.5. The van der Waals surface area contributed by atoms with Crippen molar-refractivity contribution in [3.05, 3.63) is 40.7 Å². The fourth-order valence-electron chi connectivity index (χ4n) is 2.78. The Morgan fingerprint density at radius 3 is 2.95 bits per heavy atom. The highest BCUT2D eigenvalue weighted by Gasteiger charge is 2.27. The first-order chi connectivity index (χ1) is 10.2. The molecule has 21 heavy (non-hydrogen) atoms. The Morgan fingerprint density at radius 2 is 2.19 bits per heavy atom. The summed E-state index contributed by atoms with van der Waals surface area (Å²) in [6.07, 6.45) is 3.09. The lowest BCUT2D eigenvalue weighted by molar-refractivity contribution is 0.0519. The predicted molar refractivity (Wildman–Crippen MR) is 81.6 cm³/mol. The molecule has 3 rings (SSSR count). The largest absolute Gasteiger partial charge is 0.461 e. The maximum atomic E-state index is 12.2. The van der Waals surface area contributed by atoms with Crippen molar-refractivity contribution in [1.29, 1.82) is 0 Å². The van der Waals surface area contributed by atoms with E-state index in [2.05, 4.69) is 5.10 Å². The van der Waals surface area contributed by atoms with E-state index in [1.54, 1.807) is 6.92 Å². The topological polar surface area (TPSA) is 44.1 Å². The van der Waals surface area contributed by atoms with Gasteiger partial charge in [-0.3, -0.25) is 4.68 Å². The van der Waals surface area contributed by atoms with E-state index in [1.165, 1.54) is 0 Å². The van der Waals surface area contributed by atoms with Crippen LogP contribution in [0, 0.1) is 0 Å². The Bertz CT molecular complexity index is 679. The average Bonchev–Trinajstić information content (AvgIpc) is 2.87. The van der Waals surface area contributed by atoms with Crippen LogP contribution in [0.25, 0.3) is 11.1 Å². The molecule has 0 amide bonds. The zero-order valence-electron chi connectivity index (χ0n) is 11.9. The molecule has 0 radical (unpaired) electrons. The zero-order chi connectivity index (χ0) is 14.8. The highest BCUT2D eigenvalue weighted by molar-refractivity contribution is 6.33. The molecule has 0 spiro atoms. The van der Waals surface area contributed by atoms with Crippen LogP contribution >= 0.6 is 11.6 Å². The summed E-state index contributed by atoms with van der Waals surface area (Å²) in [6, 6.07) is 7.56. The van der Waals surface area contributed by atoms with Crippen LogP contribution in [-0.4, -0.2) is 22.4 Å². The number of hydrogen-bond acceptors (Lipinski definition) is 3. The fourth-order valence-corrected chi connectivity index (χ4v) is 3.01. The number of esters is 1. The minimum atomic E-state index is -0.380. The second kappa shape index (κ2) is 5.90. The van der Waals surface area contributed by atoms with Gasteiger partial charge in [0.15, 0.2) is 5.69 Å². The molecular weight excluding hydrogens is 288 g/mol. The van der Waals surface area contributed by atoms with E-state index in [9.17, 15) is 4.79 Å². The standard InChI is InChI=1S/C16H17ClN2O2/c1-2-21-16(20)15-14(11-7-3-4-8-12(11)17)13-9-5-6-10-19(13)18-15/h3-4,7-8H,2,5-6,9-10H2,1H3. The van der Waals surface area contributed by atoms with E-state index in [0.29, 0.717) is 17.3 Å². The van der Waals surface area contributed by atoms with Gasteiger partial charge in [0.1, 0.15) is 0 Å². The lowest BCUT2D eigenvalue weighted by Gasteiger charge is -2.15. The number of carbonyl (C=O) groups excluding carboxylic acids is 1. The number of aromatic nitrogens is 2. The summed E-state index contributed by atoms with van der Waals surface area (Å²) >= 11 is 6.32. The summed E-state index contributed by atoms with van der Waals surface area (Å²) in [5, 5.41) is 5.10. The van der Waals surface area contributed by atoms with Gasteiger partial charge in [-0.05, 0) is 32.3 Å². The fraction of sp³-hybridized carbons (Fsp3) is 0.375. The number of halogens is 1. The van der Waals surface area contributed by atoms with Crippen LogP contribution < -0.4 is 0 Å². The van der Waals surface area contributed by atoms with Crippen molar-refractivity contribution in [2.75, 3.05) is 6.61 Å². The summed E-state index contributed by atoms with van der Waals surface area (Å²) in [5.74, 6) is -0.380. The number of benzene rings is 1. The molecule has 1 aliphatic rings. The highest BCUT2D eigenvalue weighted by Crippen LogP contribution is 2.35. The van der Waals surface area contributed by atoms with Gasteiger partial charge in [-0.15, -0.1) is 0 Å².